The minimum atomic E-state index is -0.941. The molecule has 12 heteroatoms. The van der Waals surface area contributed by atoms with Gasteiger partial charge in [0.2, 0.25) is 11.4 Å². The quantitative estimate of drug-likeness (QED) is 0.149. The summed E-state index contributed by atoms with van der Waals surface area (Å²) in [7, 11) is 4.06. The molecule has 0 unspecified atom stereocenters. The topological polar surface area (TPSA) is 111 Å². The van der Waals surface area contributed by atoms with E-state index in [4.69, 9.17) is 9.47 Å². The van der Waals surface area contributed by atoms with Gasteiger partial charge in [0, 0.05) is 80.7 Å². The van der Waals surface area contributed by atoms with Gasteiger partial charge in [-0.3, -0.25) is 20.2 Å². The summed E-state index contributed by atoms with van der Waals surface area (Å²) in [4.78, 5) is 26.5. The fourth-order valence-corrected chi connectivity index (χ4v) is 10.2. The molecule has 0 aliphatic carbocycles. The zero-order valence-corrected chi connectivity index (χ0v) is 31.2. The highest BCUT2D eigenvalue weighted by molar-refractivity contribution is 9.10. The molecule has 4 heterocycles. The number of anilines is 2. The number of hydrogen-bond acceptors (Lipinski definition) is 8. The normalized spacial score (nSPS) is 22.9. The lowest BCUT2D eigenvalue weighted by Crippen LogP contribution is -2.58. The molecule has 50 heavy (non-hydrogen) atoms. The molecule has 8 rings (SSSR count). The first-order chi connectivity index (χ1) is 23.6. The van der Waals surface area contributed by atoms with Crippen molar-refractivity contribution >= 4 is 66.8 Å². The summed E-state index contributed by atoms with van der Waals surface area (Å²) >= 11 is 7.77. The second-order valence-corrected chi connectivity index (χ2v) is 15.9. The number of halogens is 2. The van der Waals surface area contributed by atoms with Crippen molar-refractivity contribution in [3.8, 4) is 22.6 Å². The first-order valence-electron chi connectivity index (χ1n) is 16.0. The van der Waals surface area contributed by atoms with Crippen molar-refractivity contribution in [2.75, 3.05) is 23.9 Å². The van der Waals surface area contributed by atoms with Crippen LogP contribution in [0.3, 0.4) is 0 Å². The van der Waals surface area contributed by atoms with E-state index in [9.17, 15) is 20.2 Å². The van der Waals surface area contributed by atoms with Crippen LogP contribution in [0.5, 0.6) is 11.5 Å². The molecule has 0 saturated heterocycles. The van der Waals surface area contributed by atoms with Crippen LogP contribution in [0.1, 0.15) is 49.9 Å². The van der Waals surface area contributed by atoms with Crippen LogP contribution >= 0.6 is 31.9 Å². The molecule has 0 bridgehead atoms. The summed E-state index contributed by atoms with van der Waals surface area (Å²) in [5, 5.41) is 23.0. The van der Waals surface area contributed by atoms with Crippen LogP contribution in [0.2, 0.25) is 0 Å². The van der Waals surface area contributed by atoms with Crippen molar-refractivity contribution < 1.29 is 19.3 Å². The Hall–Kier alpha value is -4.68. The van der Waals surface area contributed by atoms with E-state index in [1.807, 2.05) is 38.4 Å². The third kappa shape index (κ3) is 4.00. The predicted octanol–water partition coefficient (Wildman–Crippen LogP) is 9.75. The highest BCUT2D eigenvalue weighted by atomic mass is 79.9. The average Bonchev–Trinajstić information content (AvgIpc) is 3.35. The minimum absolute atomic E-state index is 0.0100. The van der Waals surface area contributed by atoms with Gasteiger partial charge in [0.1, 0.15) is 11.5 Å². The van der Waals surface area contributed by atoms with E-state index < -0.39 is 32.1 Å². The first kappa shape index (κ1) is 32.5. The number of rotatable bonds is 3. The molecule has 4 aromatic carbocycles. The van der Waals surface area contributed by atoms with Crippen LogP contribution in [0.25, 0.3) is 23.3 Å². The maximum absolute atomic E-state index is 11.5. The lowest BCUT2D eigenvalue weighted by Gasteiger charge is -2.46. The number of nitrogens with zero attached hydrogens (tertiary/aromatic N) is 4. The summed E-state index contributed by atoms with van der Waals surface area (Å²) in [6, 6.07) is 17.8. The number of ether oxygens (including phenoxy) is 2. The van der Waals surface area contributed by atoms with Gasteiger partial charge in [0.05, 0.1) is 32.1 Å². The van der Waals surface area contributed by atoms with Gasteiger partial charge in [-0.25, -0.2) is 0 Å². The van der Waals surface area contributed by atoms with Crippen LogP contribution in [0, 0.1) is 20.2 Å². The Morgan fingerprint density at radius 2 is 1.00 bits per heavy atom. The Morgan fingerprint density at radius 1 is 0.620 bits per heavy atom. The second kappa shape index (κ2) is 10.4. The van der Waals surface area contributed by atoms with Crippen LogP contribution in [-0.4, -0.2) is 35.4 Å². The van der Waals surface area contributed by atoms with Crippen molar-refractivity contribution in [2.24, 2.45) is 0 Å². The number of nitro benzene ring substituents is 2. The first-order valence-corrected chi connectivity index (χ1v) is 17.6. The van der Waals surface area contributed by atoms with E-state index in [1.165, 1.54) is 24.3 Å². The number of non-ortho nitro benzene ring substituents is 2. The van der Waals surface area contributed by atoms with Gasteiger partial charge in [0.15, 0.2) is 0 Å². The summed E-state index contributed by atoms with van der Waals surface area (Å²) in [6.45, 7) is 8.62. The third-order valence-electron chi connectivity index (χ3n) is 11.2. The van der Waals surface area contributed by atoms with Crippen LogP contribution < -0.4 is 19.3 Å². The van der Waals surface area contributed by atoms with Crippen molar-refractivity contribution in [1.82, 2.24) is 0 Å². The lowest BCUT2D eigenvalue weighted by molar-refractivity contribution is -0.385. The van der Waals surface area contributed by atoms with Gasteiger partial charge < -0.3 is 19.3 Å². The molecule has 10 nitrogen and oxygen atoms in total. The Balaban J connectivity index is 1.28. The molecule has 254 valence electrons. The Kier molecular flexibility index (Phi) is 6.78. The fraction of sp³-hybridized carbons (Fsp3) is 0.263. The summed E-state index contributed by atoms with van der Waals surface area (Å²) < 4.78 is 15.7. The molecular weight excluding hydrogens is 768 g/mol. The Bertz CT molecular complexity index is 2120. The third-order valence-corrected chi connectivity index (χ3v) is 12.5. The molecule has 0 aromatic heterocycles. The minimum Gasteiger partial charge on any atom is -0.463 e. The average molecular weight is 801 g/mol. The van der Waals surface area contributed by atoms with Gasteiger partial charge in [-0.2, -0.15) is 0 Å². The SMILES string of the molecule is CN1c2c(-c3ccc(Br)c4c3N(C)[C@@]3(C=Cc5cc([N+](=O)[O-])ccc5O3)C4(C)C)ccc(Br)c2C(C)(C)[C@]12C=Cc1cc([N+](=O)[O-])ccc1O2. The molecule has 0 amide bonds. The fourth-order valence-electron chi connectivity index (χ4n) is 8.57. The highest BCUT2D eigenvalue weighted by Crippen LogP contribution is 2.63. The van der Waals surface area contributed by atoms with Gasteiger partial charge >= 0.3 is 0 Å². The van der Waals surface area contributed by atoms with E-state index in [0.717, 1.165) is 42.6 Å². The second-order valence-electron chi connectivity index (χ2n) is 14.2. The molecule has 0 N–H and O–H groups in total. The van der Waals surface area contributed by atoms with Gasteiger partial charge in [-0.1, -0.05) is 44.0 Å². The van der Waals surface area contributed by atoms with Crippen molar-refractivity contribution in [2.45, 2.75) is 50.0 Å². The monoisotopic (exact) mass is 798 g/mol. The van der Waals surface area contributed by atoms with Gasteiger partial charge in [0.25, 0.3) is 11.4 Å². The molecule has 2 spiro atoms. The van der Waals surface area contributed by atoms with Gasteiger partial charge in [-0.05, 0) is 76.3 Å². The molecule has 0 radical (unpaired) electrons. The van der Waals surface area contributed by atoms with Crippen molar-refractivity contribution in [1.29, 1.82) is 0 Å². The summed E-state index contributed by atoms with van der Waals surface area (Å²) in [5.74, 6) is 1.15. The molecule has 2 atom stereocenters. The van der Waals surface area contributed by atoms with E-state index in [2.05, 4.69) is 93.6 Å². The number of likely N-dealkylation sites (N-methyl/N-ethyl adjacent to an activating group) is 2. The molecular formula is C38H32Br2N4O6. The van der Waals surface area contributed by atoms with Crippen LogP contribution in [0.15, 0.2) is 81.8 Å². The Labute approximate surface area is 305 Å². The van der Waals surface area contributed by atoms with Crippen molar-refractivity contribution in [3.63, 3.8) is 0 Å². The van der Waals surface area contributed by atoms with E-state index in [-0.39, 0.29) is 11.4 Å². The van der Waals surface area contributed by atoms with Crippen LogP contribution in [0.4, 0.5) is 22.7 Å². The number of fused-ring (bicyclic) bond motifs is 4. The number of hydrogen-bond donors (Lipinski definition) is 0. The maximum atomic E-state index is 11.5. The molecule has 4 aromatic rings. The maximum Gasteiger partial charge on any atom is 0.270 e. The zero-order valence-electron chi connectivity index (χ0n) is 28.1. The van der Waals surface area contributed by atoms with E-state index in [1.54, 1.807) is 12.1 Å². The van der Waals surface area contributed by atoms with E-state index >= 15 is 0 Å². The molecule has 0 saturated carbocycles. The van der Waals surface area contributed by atoms with Crippen molar-refractivity contribution in [3.05, 3.63) is 124 Å². The summed E-state index contributed by atoms with van der Waals surface area (Å²) in [6.07, 6.45) is 7.85. The van der Waals surface area contributed by atoms with E-state index in [0.29, 0.717) is 22.6 Å². The zero-order chi connectivity index (χ0) is 35.7. The predicted molar refractivity (Wildman–Crippen MR) is 201 cm³/mol. The Morgan fingerprint density at radius 3 is 1.36 bits per heavy atom. The smallest absolute Gasteiger partial charge is 0.270 e. The number of benzene rings is 4. The summed E-state index contributed by atoms with van der Waals surface area (Å²) in [5.41, 5.74) is 4.43. The largest absolute Gasteiger partial charge is 0.463 e. The molecule has 4 aliphatic heterocycles. The molecule has 4 aliphatic rings. The standard InChI is InChI=1S/C38H32Br2N4O6/c1-35(2)31-27(39)11-9-25(33(31)41(5)37(35)17-15-21-19-23(43(45)46)7-13-29(21)49-37)26-10-12-28(40)32-34(26)42(6)38(36(32,3)4)18-16-22-20-24(44(47)48)8-14-30(22)50-38/h7-20H,1-6H3/t37-,38-/m1/s1. The molecule has 0 fully saturated rings. The van der Waals surface area contributed by atoms with Gasteiger partial charge in [-0.15, -0.1) is 0 Å². The number of nitro groups is 2. The highest BCUT2D eigenvalue weighted by Gasteiger charge is 2.61. The van der Waals surface area contributed by atoms with Crippen LogP contribution in [-0.2, 0) is 10.8 Å². The lowest BCUT2D eigenvalue weighted by atomic mass is 9.75.